The maximum Gasteiger partial charge on any atom is 0.260 e. The summed E-state index contributed by atoms with van der Waals surface area (Å²) in [5.74, 6) is 1.01. The van der Waals surface area contributed by atoms with Gasteiger partial charge in [-0.1, -0.05) is 51.1 Å². The SMILES string of the molecule is COc1cccc(C2OCc3ccccc3N(CC(C)(C)C)C2=O)c1OC. The Balaban J connectivity index is 2.09. The maximum absolute atomic E-state index is 13.6. The summed E-state index contributed by atoms with van der Waals surface area (Å²) < 4.78 is 17.0. The highest BCUT2D eigenvalue weighted by molar-refractivity contribution is 5.99. The van der Waals surface area contributed by atoms with E-state index in [1.807, 2.05) is 47.4 Å². The molecule has 5 heteroatoms. The second-order valence-electron chi connectivity index (χ2n) is 7.89. The standard InChI is InChI=1S/C22H27NO4/c1-22(2,3)14-23-17-11-7-6-9-15(17)13-27-20(21(23)24)16-10-8-12-18(25-4)19(16)26-5/h6-12,20H,13-14H2,1-5H3. The monoisotopic (exact) mass is 369 g/mol. The molecule has 0 fully saturated rings. The Hall–Kier alpha value is -2.53. The predicted molar refractivity (Wildman–Crippen MR) is 105 cm³/mol. The van der Waals surface area contributed by atoms with Gasteiger partial charge in [-0.25, -0.2) is 0 Å². The highest BCUT2D eigenvalue weighted by Gasteiger charge is 2.36. The quantitative estimate of drug-likeness (QED) is 0.804. The van der Waals surface area contributed by atoms with Gasteiger partial charge in [0.2, 0.25) is 0 Å². The summed E-state index contributed by atoms with van der Waals surface area (Å²) in [4.78, 5) is 15.4. The largest absolute Gasteiger partial charge is 0.493 e. The lowest BCUT2D eigenvalue weighted by molar-refractivity contribution is -0.131. The number of amides is 1. The van der Waals surface area contributed by atoms with Crippen LogP contribution in [0, 0.1) is 5.41 Å². The van der Waals surface area contributed by atoms with Crippen LogP contribution in [0.4, 0.5) is 5.69 Å². The number of hydrogen-bond donors (Lipinski definition) is 0. The fourth-order valence-electron chi connectivity index (χ4n) is 3.38. The summed E-state index contributed by atoms with van der Waals surface area (Å²) in [6, 6.07) is 13.4. The van der Waals surface area contributed by atoms with E-state index >= 15 is 0 Å². The number of fused-ring (bicyclic) bond motifs is 1. The number of nitrogens with zero attached hydrogens (tertiary/aromatic N) is 1. The third kappa shape index (κ3) is 3.93. The molecule has 3 rings (SSSR count). The van der Waals surface area contributed by atoms with Gasteiger partial charge in [-0.2, -0.15) is 0 Å². The minimum Gasteiger partial charge on any atom is -0.493 e. The third-order valence-electron chi connectivity index (χ3n) is 4.53. The van der Waals surface area contributed by atoms with Gasteiger partial charge in [0.15, 0.2) is 17.6 Å². The summed E-state index contributed by atoms with van der Waals surface area (Å²) in [7, 11) is 3.16. The van der Waals surface area contributed by atoms with Crippen molar-refractivity contribution >= 4 is 11.6 Å². The Morgan fingerprint density at radius 2 is 1.81 bits per heavy atom. The summed E-state index contributed by atoms with van der Waals surface area (Å²) in [6.45, 7) is 7.31. The second-order valence-corrected chi connectivity index (χ2v) is 7.89. The smallest absolute Gasteiger partial charge is 0.260 e. The number of hydrogen-bond acceptors (Lipinski definition) is 4. The highest BCUT2D eigenvalue weighted by Crippen LogP contribution is 2.40. The first kappa shape index (κ1) is 19.2. The Morgan fingerprint density at radius 3 is 2.48 bits per heavy atom. The molecule has 144 valence electrons. The van der Waals surface area contributed by atoms with Gasteiger partial charge in [0.25, 0.3) is 5.91 Å². The van der Waals surface area contributed by atoms with Gasteiger partial charge < -0.3 is 19.1 Å². The summed E-state index contributed by atoms with van der Waals surface area (Å²) >= 11 is 0. The van der Waals surface area contributed by atoms with Crippen LogP contribution in [-0.2, 0) is 16.1 Å². The lowest BCUT2D eigenvalue weighted by atomic mass is 9.94. The molecular formula is C22H27NO4. The Kier molecular flexibility index (Phi) is 5.42. The van der Waals surface area contributed by atoms with Crippen LogP contribution >= 0.6 is 0 Å². The number of ether oxygens (including phenoxy) is 3. The maximum atomic E-state index is 13.6. The molecule has 2 aromatic rings. The van der Waals surface area contributed by atoms with E-state index in [9.17, 15) is 4.79 Å². The molecule has 0 saturated heterocycles. The van der Waals surface area contributed by atoms with Crippen molar-refractivity contribution in [3.05, 3.63) is 53.6 Å². The summed E-state index contributed by atoms with van der Waals surface area (Å²) in [5, 5.41) is 0. The van der Waals surface area contributed by atoms with Crippen molar-refractivity contribution in [1.82, 2.24) is 0 Å². The minimum atomic E-state index is -0.759. The molecule has 1 atom stereocenters. The van der Waals surface area contributed by atoms with Crippen molar-refractivity contribution in [3.63, 3.8) is 0 Å². The lowest BCUT2D eigenvalue weighted by Crippen LogP contribution is -2.40. The highest BCUT2D eigenvalue weighted by atomic mass is 16.5. The Labute approximate surface area is 160 Å². The number of anilines is 1. The zero-order chi connectivity index (χ0) is 19.6. The van der Waals surface area contributed by atoms with Crippen LogP contribution in [0.25, 0.3) is 0 Å². The van der Waals surface area contributed by atoms with Gasteiger partial charge in [0, 0.05) is 23.4 Å². The van der Waals surface area contributed by atoms with Crippen LogP contribution in [0.2, 0.25) is 0 Å². The van der Waals surface area contributed by atoms with E-state index in [4.69, 9.17) is 14.2 Å². The number of carbonyl (C=O) groups is 1. The van der Waals surface area contributed by atoms with Gasteiger partial charge in [-0.15, -0.1) is 0 Å². The molecule has 0 N–H and O–H groups in total. The molecule has 5 nitrogen and oxygen atoms in total. The number of para-hydroxylation sites is 2. The van der Waals surface area contributed by atoms with Crippen molar-refractivity contribution in [2.24, 2.45) is 5.41 Å². The topological polar surface area (TPSA) is 48.0 Å². The Bertz CT molecular complexity index is 825. The van der Waals surface area contributed by atoms with Gasteiger partial charge in [-0.05, 0) is 17.5 Å². The van der Waals surface area contributed by atoms with Crippen molar-refractivity contribution in [2.75, 3.05) is 25.7 Å². The average molecular weight is 369 g/mol. The molecule has 1 aliphatic rings. The minimum absolute atomic E-state index is 0.0594. The first-order chi connectivity index (χ1) is 12.9. The molecule has 27 heavy (non-hydrogen) atoms. The van der Waals surface area contributed by atoms with Gasteiger partial charge in [0.05, 0.1) is 20.8 Å². The molecule has 1 aliphatic heterocycles. The summed E-state index contributed by atoms with van der Waals surface area (Å²) in [5.41, 5.74) is 2.52. The molecular weight excluding hydrogens is 342 g/mol. The van der Waals surface area contributed by atoms with Crippen LogP contribution in [0.15, 0.2) is 42.5 Å². The average Bonchev–Trinajstić information content (AvgIpc) is 2.77. The van der Waals surface area contributed by atoms with Crippen molar-refractivity contribution in [1.29, 1.82) is 0 Å². The molecule has 1 amide bonds. The van der Waals surface area contributed by atoms with Crippen LogP contribution in [0.1, 0.15) is 38.0 Å². The Morgan fingerprint density at radius 1 is 1.07 bits per heavy atom. The summed E-state index contributed by atoms with van der Waals surface area (Å²) in [6.07, 6.45) is -0.759. The van der Waals surface area contributed by atoms with E-state index in [0.29, 0.717) is 30.2 Å². The molecule has 1 unspecified atom stereocenters. The third-order valence-corrected chi connectivity index (χ3v) is 4.53. The molecule has 0 saturated carbocycles. The molecule has 0 aliphatic carbocycles. The molecule has 1 heterocycles. The van der Waals surface area contributed by atoms with Gasteiger partial charge in [0.1, 0.15) is 0 Å². The zero-order valence-electron chi connectivity index (χ0n) is 16.6. The molecule has 0 spiro atoms. The van der Waals surface area contributed by atoms with E-state index in [0.717, 1.165) is 11.3 Å². The first-order valence-electron chi connectivity index (χ1n) is 9.07. The fourth-order valence-corrected chi connectivity index (χ4v) is 3.38. The number of rotatable bonds is 4. The van der Waals surface area contributed by atoms with Crippen molar-refractivity contribution < 1.29 is 19.0 Å². The van der Waals surface area contributed by atoms with E-state index in [2.05, 4.69) is 20.8 Å². The fraction of sp³-hybridized carbons (Fsp3) is 0.409. The van der Waals surface area contributed by atoms with E-state index in [1.54, 1.807) is 14.2 Å². The van der Waals surface area contributed by atoms with Crippen LogP contribution in [-0.4, -0.2) is 26.7 Å². The van der Waals surface area contributed by atoms with E-state index < -0.39 is 6.10 Å². The van der Waals surface area contributed by atoms with Crippen molar-refractivity contribution in [2.45, 2.75) is 33.5 Å². The number of methoxy groups -OCH3 is 2. The van der Waals surface area contributed by atoms with Crippen LogP contribution in [0.3, 0.4) is 0 Å². The van der Waals surface area contributed by atoms with Crippen LogP contribution < -0.4 is 14.4 Å². The van der Waals surface area contributed by atoms with E-state index in [1.165, 1.54) is 0 Å². The van der Waals surface area contributed by atoms with Gasteiger partial charge >= 0.3 is 0 Å². The molecule has 0 bridgehead atoms. The van der Waals surface area contributed by atoms with E-state index in [-0.39, 0.29) is 11.3 Å². The zero-order valence-corrected chi connectivity index (χ0v) is 16.6. The number of benzene rings is 2. The van der Waals surface area contributed by atoms with Crippen molar-refractivity contribution in [3.8, 4) is 11.5 Å². The normalized spacial score (nSPS) is 17.3. The predicted octanol–water partition coefficient (Wildman–Crippen LogP) is 4.35. The molecule has 0 radical (unpaired) electrons. The first-order valence-corrected chi connectivity index (χ1v) is 9.07. The molecule has 0 aromatic heterocycles. The number of carbonyl (C=O) groups excluding carboxylic acids is 1. The lowest BCUT2D eigenvalue weighted by Gasteiger charge is -2.31. The molecule has 2 aromatic carbocycles. The second kappa shape index (κ2) is 7.61. The van der Waals surface area contributed by atoms with Crippen LogP contribution in [0.5, 0.6) is 11.5 Å². The van der Waals surface area contributed by atoms with Gasteiger partial charge in [-0.3, -0.25) is 4.79 Å².